The van der Waals surface area contributed by atoms with E-state index in [1.807, 2.05) is 0 Å². The molecule has 2 aromatic carbocycles. The Morgan fingerprint density at radius 1 is 1.15 bits per heavy atom. The molecule has 2 aromatic rings. The summed E-state index contributed by atoms with van der Waals surface area (Å²) >= 11 is 0. The van der Waals surface area contributed by atoms with Crippen LogP contribution >= 0.6 is 0 Å². The van der Waals surface area contributed by atoms with E-state index in [0.717, 1.165) is 6.07 Å². The van der Waals surface area contributed by atoms with Gasteiger partial charge in [-0.2, -0.15) is 0 Å². The minimum absolute atomic E-state index is 0.0789. The summed E-state index contributed by atoms with van der Waals surface area (Å²) in [6, 6.07) is 9.03. The van der Waals surface area contributed by atoms with Crippen molar-refractivity contribution in [3.05, 3.63) is 42.0 Å². The summed E-state index contributed by atoms with van der Waals surface area (Å²) in [5.74, 6) is -0.121. The summed E-state index contributed by atoms with van der Waals surface area (Å²) in [5, 5.41) is 9.34. The third kappa shape index (κ3) is 3.79. The number of benzene rings is 2. The van der Waals surface area contributed by atoms with Crippen LogP contribution in [0.2, 0.25) is 0 Å². The molecule has 0 atom stereocenters. The Hall–Kier alpha value is -2.62. The first-order valence-electron chi connectivity index (χ1n) is 7.68. The second kappa shape index (κ2) is 7.32. The van der Waals surface area contributed by atoms with Gasteiger partial charge in [-0.1, -0.05) is 6.07 Å². The number of ether oxygens (including phenoxy) is 3. The van der Waals surface area contributed by atoms with Crippen molar-refractivity contribution in [1.29, 1.82) is 0 Å². The summed E-state index contributed by atoms with van der Waals surface area (Å²) in [6.07, 6.45) is 0. The monoisotopic (exact) mass is 379 g/mol. The molecule has 0 saturated carbocycles. The zero-order valence-corrected chi connectivity index (χ0v) is 14.7. The first-order chi connectivity index (χ1) is 12.4. The van der Waals surface area contributed by atoms with Crippen molar-refractivity contribution in [3.8, 4) is 22.6 Å². The molecule has 0 fully saturated rings. The Labute approximate surface area is 150 Å². The van der Waals surface area contributed by atoms with E-state index in [1.165, 1.54) is 19.2 Å². The van der Waals surface area contributed by atoms with E-state index in [0.29, 0.717) is 22.6 Å². The Morgan fingerprint density at radius 2 is 1.92 bits per heavy atom. The van der Waals surface area contributed by atoms with Gasteiger partial charge in [0.25, 0.3) is 0 Å². The number of carboxylic acid groups (broad SMARTS) is 1. The SMILES string of the molecule is COCCNS(=O)(=O)c1cc(C(=O)O)cc(-c2ccc3c(c2)OCO3)c1. The summed E-state index contributed by atoms with van der Waals surface area (Å²) in [4.78, 5) is 11.3. The van der Waals surface area contributed by atoms with Crippen LogP contribution in [0.25, 0.3) is 11.1 Å². The number of hydrogen-bond donors (Lipinski definition) is 2. The van der Waals surface area contributed by atoms with Crippen molar-refractivity contribution in [2.45, 2.75) is 4.90 Å². The van der Waals surface area contributed by atoms with Gasteiger partial charge >= 0.3 is 5.97 Å². The van der Waals surface area contributed by atoms with Crippen LogP contribution in [-0.2, 0) is 14.8 Å². The van der Waals surface area contributed by atoms with Gasteiger partial charge in [0.05, 0.1) is 17.1 Å². The molecule has 0 saturated heterocycles. The molecule has 9 heteroatoms. The molecular weight excluding hydrogens is 362 g/mol. The van der Waals surface area contributed by atoms with E-state index in [9.17, 15) is 18.3 Å². The Morgan fingerprint density at radius 3 is 2.65 bits per heavy atom. The quantitative estimate of drug-likeness (QED) is 0.705. The second-order valence-electron chi connectivity index (χ2n) is 5.51. The number of carbonyl (C=O) groups is 1. The highest BCUT2D eigenvalue weighted by atomic mass is 32.2. The molecule has 3 rings (SSSR count). The van der Waals surface area contributed by atoms with Crippen molar-refractivity contribution >= 4 is 16.0 Å². The van der Waals surface area contributed by atoms with Crippen molar-refractivity contribution in [2.75, 3.05) is 27.1 Å². The topological polar surface area (TPSA) is 111 Å². The fraction of sp³-hybridized carbons (Fsp3) is 0.235. The van der Waals surface area contributed by atoms with E-state index in [4.69, 9.17) is 14.2 Å². The number of methoxy groups -OCH3 is 1. The number of carboxylic acids is 1. The molecule has 0 aromatic heterocycles. The molecule has 26 heavy (non-hydrogen) atoms. The lowest BCUT2D eigenvalue weighted by molar-refractivity contribution is 0.0696. The van der Waals surface area contributed by atoms with E-state index in [1.54, 1.807) is 18.2 Å². The third-order valence-electron chi connectivity index (χ3n) is 3.77. The van der Waals surface area contributed by atoms with Crippen LogP contribution in [0, 0.1) is 0 Å². The maximum Gasteiger partial charge on any atom is 0.335 e. The Bertz CT molecular complexity index is 940. The zero-order valence-electron chi connectivity index (χ0n) is 13.9. The van der Waals surface area contributed by atoms with Crippen LogP contribution in [0.1, 0.15) is 10.4 Å². The molecule has 0 unspecified atom stereocenters. The van der Waals surface area contributed by atoms with Crippen LogP contribution in [-0.4, -0.2) is 46.5 Å². The third-order valence-corrected chi connectivity index (χ3v) is 5.21. The van der Waals surface area contributed by atoms with E-state index in [2.05, 4.69) is 4.72 Å². The first-order valence-corrected chi connectivity index (χ1v) is 9.16. The normalized spacial score (nSPS) is 13.0. The molecule has 0 amide bonds. The van der Waals surface area contributed by atoms with Gasteiger partial charge < -0.3 is 19.3 Å². The maximum absolute atomic E-state index is 12.4. The highest BCUT2D eigenvalue weighted by Gasteiger charge is 2.20. The highest BCUT2D eigenvalue weighted by Crippen LogP contribution is 2.36. The van der Waals surface area contributed by atoms with Crippen LogP contribution < -0.4 is 14.2 Å². The van der Waals surface area contributed by atoms with Gasteiger partial charge in [-0.05, 0) is 41.5 Å². The lowest BCUT2D eigenvalue weighted by Crippen LogP contribution is -2.27. The molecule has 1 aliphatic rings. The molecule has 1 aliphatic heterocycles. The molecule has 138 valence electrons. The fourth-order valence-corrected chi connectivity index (χ4v) is 3.56. The minimum atomic E-state index is -3.88. The zero-order chi connectivity index (χ0) is 18.7. The largest absolute Gasteiger partial charge is 0.478 e. The number of nitrogens with one attached hydrogen (secondary N) is 1. The highest BCUT2D eigenvalue weighted by molar-refractivity contribution is 7.89. The first kappa shape index (κ1) is 18.2. The van der Waals surface area contributed by atoms with Gasteiger partial charge in [0, 0.05) is 13.7 Å². The van der Waals surface area contributed by atoms with Gasteiger partial charge in [0.15, 0.2) is 11.5 Å². The van der Waals surface area contributed by atoms with Crippen LogP contribution in [0.15, 0.2) is 41.3 Å². The van der Waals surface area contributed by atoms with Crippen LogP contribution in [0.5, 0.6) is 11.5 Å². The molecule has 0 spiro atoms. The molecule has 0 bridgehead atoms. The van der Waals surface area contributed by atoms with Crippen LogP contribution in [0.3, 0.4) is 0 Å². The van der Waals surface area contributed by atoms with Gasteiger partial charge in [0.1, 0.15) is 0 Å². The number of hydrogen-bond acceptors (Lipinski definition) is 6. The smallest absolute Gasteiger partial charge is 0.335 e. The van der Waals surface area contributed by atoms with Gasteiger partial charge in [0.2, 0.25) is 16.8 Å². The predicted octanol–water partition coefficient (Wildman–Crippen LogP) is 1.71. The summed E-state index contributed by atoms with van der Waals surface area (Å²) in [6.45, 7) is 0.388. The molecule has 2 N–H and O–H groups in total. The average Bonchev–Trinajstić information content (AvgIpc) is 3.09. The summed E-state index contributed by atoms with van der Waals surface area (Å²) < 4.78 is 42.7. The van der Waals surface area contributed by atoms with E-state index < -0.39 is 16.0 Å². The molecule has 1 heterocycles. The molecule has 8 nitrogen and oxygen atoms in total. The van der Waals surface area contributed by atoms with Gasteiger partial charge in [-0.3, -0.25) is 0 Å². The fourth-order valence-electron chi connectivity index (χ4n) is 2.48. The second-order valence-corrected chi connectivity index (χ2v) is 7.28. The standard InChI is InChI=1S/C17H17NO7S/c1-23-5-4-18-26(21,22)14-7-12(6-13(8-14)17(19)20)11-2-3-15-16(9-11)25-10-24-15/h2-3,6-9,18H,4-5,10H2,1H3,(H,19,20). The van der Waals surface area contributed by atoms with Crippen molar-refractivity contribution in [1.82, 2.24) is 4.72 Å². The van der Waals surface area contributed by atoms with Crippen molar-refractivity contribution in [3.63, 3.8) is 0 Å². The average molecular weight is 379 g/mol. The number of rotatable bonds is 7. The van der Waals surface area contributed by atoms with Gasteiger partial charge in [-0.25, -0.2) is 17.9 Å². The molecule has 0 aliphatic carbocycles. The van der Waals surface area contributed by atoms with Crippen LogP contribution in [0.4, 0.5) is 0 Å². The lowest BCUT2D eigenvalue weighted by atomic mass is 10.0. The number of fused-ring (bicyclic) bond motifs is 1. The number of sulfonamides is 1. The Balaban J connectivity index is 2.03. The van der Waals surface area contributed by atoms with E-state index >= 15 is 0 Å². The van der Waals surface area contributed by atoms with Crippen molar-refractivity contribution in [2.24, 2.45) is 0 Å². The maximum atomic E-state index is 12.4. The summed E-state index contributed by atoms with van der Waals surface area (Å²) in [7, 11) is -2.42. The molecule has 0 radical (unpaired) electrons. The summed E-state index contributed by atoms with van der Waals surface area (Å²) in [5.41, 5.74) is 0.924. The molecular formula is C17H17NO7S. The Kier molecular flexibility index (Phi) is 5.12. The van der Waals surface area contributed by atoms with E-state index in [-0.39, 0.29) is 30.4 Å². The van der Waals surface area contributed by atoms with Gasteiger partial charge in [-0.15, -0.1) is 0 Å². The number of aromatic carboxylic acids is 1. The predicted molar refractivity (Wildman–Crippen MR) is 92.0 cm³/mol. The minimum Gasteiger partial charge on any atom is -0.478 e. The van der Waals surface area contributed by atoms with Crippen molar-refractivity contribution < 1.29 is 32.5 Å². The lowest BCUT2D eigenvalue weighted by Gasteiger charge is -2.10.